The van der Waals surface area contributed by atoms with Crippen LogP contribution in [0.2, 0.25) is 31.5 Å². The van der Waals surface area contributed by atoms with Gasteiger partial charge in [0.25, 0.3) is 0 Å². The van der Waals surface area contributed by atoms with Crippen molar-refractivity contribution in [2.45, 2.75) is 83.2 Å². The van der Waals surface area contributed by atoms with Crippen molar-refractivity contribution in [2.24, 2.45) is 0 Å². The lowest BCUT2D eigenvalue weighted by atomic mass is 9.70. The molecule has 0 aliphatic carbocycles. The Hall–Kier alpha value is 0.492. The summed E-state index contributed by atoms with van der Waals surface area (Å²) in [6, 6.07) is 1.24. The molecule has 0 spiro atoms. The van der Waals surface area contributed by atoms with Crippen molar-refractivity contribution in [1.82, 2.24) is 0 Å². The lowest BCUT2D eigenvalue weighted by Gasteiger charge is -2.32. The minimum atomic E-state index is -1.13. The molecule has 0 bridgehead atoms. The first-order valence-electron chi connectivity index (χ1n) is 7.40. The van der Waals surface area contributed by atoms with Gasteiger partial charge < -0.3 is 9.31 Å². The van der Waals surface area contributed by atoms with Gasteiger partial charge in [0.2, 0.25) is 0 Å². The summed E-state index contributed by atoms with van der Waals surface area (Å²) in [7, 11) is -1.20. The zero-order chi connectivity index (χ0) is 14.9. The summed E-state index contributed by atoms with van der Waals surface area (Å²) in [4.78, 5) is 0. The highest BCUT2D eigenvalue weighted by atomic mass is 35.5. The maximum atomic E-state index is 6.23. The van der Waals surface area contributed by atoms with Gasteiger partial charge in [-0.15, -0.1) is 11.6 Å². The van der Waals surface area contributed by atoms with Gasteiger partial charge in [-0.2, -0.15) is 0 Å². The fourth-order valence-electron chi connectivity index (χ4n) is 2.54. The highest BCUT2D eigenvalue weighted by Crippen LogP contribution is 2.43. The molecule has 0 saturated carbocycles. The summed E-state index contributed by atoms with van der Waals surface area (Å²) in [5.74, 6) is 1.20. The third-order valence-electron chi connectivity index (χ3n) is 4.24. The fourth-order valence-corrected chi connectivity index (χ4v) is 4.67. The summed E-state index contributed by atoms with van der Waals surface area (Å²) in [6.07, 6.45) is 2.14. The molecule has 0 aromatic rings. The first-order valence-corrected chi connectivity index (χ1v) is 11.6. The molecule has 0 aromatic heterocycles. The third kappa shape index (κ3) is 4.76. The van der Waals surface area contributed by atoms with Crippen molar-refractivity contribution in [3.8, 4) is 0 Å². The second-order valence-corrected chi connectivity index (χ2v) is 13.9. The molecule has 112 valence electrons. The van der Waals surface area contributed by atoms with Gasteiger partial charge in [0, 0.05) is 14.0 Å². The minimum Gasteiger partial charge on any atom is -0.403 e. The Bertz CT molecular complexity index is 286. The SMILES string of the molecule is CC1(C)OB([C@@H](CCCCl)C[Si](C)(C)C)OC1(C)C. The monoisotopic (exact) mass is 304 g/mol. The van der Waals surface area contributed by atoms with Crippen molar-refractivity contribution in [1.29, 1.82) is 0 Å². The van der Waals surface area contributed by atoms with E-state index in [-0.39, 0.29) is 18.3 Å². The van der Waals surface area contributed by atoms with Crippen molar-refractivity contribution < 1.29 is 9.31 Å². The zero-order valence-corrected chi connectivity index (χ0v) is 15.4. The van der Waals surface area contributed by atoms with Gasteiger partial charge in [-0.1, -0.05) is 32.1 Å². The van der Waals surface area contributed by atoms with Gasteiger partial charge in [-0.25, -0.2) is 0 Å². The molecule has 0 amide bonds. The van der Waals surface area contributed by atoms with Crippen LogP contribution in [-0.4, -0.2) is 32.3 Å². The summed E-state index contributed by atoms with van der Waals surface area (Å²) in [5, 5.41) is 0. The topological polar surface area (TPSA) is 18.5 Å². The van der Waals surface area contributed by atoms with Crippen molar-refractivity contribution in [3.05, 3.63) is 0 Å². The predicted molar refractivity (Wildman–Crippen MR) is 87.9 cm³/mol. The number of alkyl halides is 1. The number of hydrogen-bond acceptors (Lipinski definition) is 2. The van der Waals surface area contributed by atoms with E-state index >= 15 is 0 Å². The molecule has 0 aromatic carbocycles. The van der Waals surface area contributed by atoms with E-state index in [2.05, 4.69) is 47.3 Å². The van der Waals surface area contributed by atoms with Gasteiger partial charge >= 0.3 is 7.12 Å². The molecule has 0 radical (unpaired) electrons. The molecule has 1 aliphatic rings. The van der Waals surface area contributed by atoms with Crippen LogP contribution in [0.5, 0.6) is 0 Å². The van der Waals surface area contributed by atoms with Gasteiger partial charge in [0.1, 0.15) is 0 Å². The minimum absolute atomic E-state index is 0.0695. The van der Waals surface area contributed by atoms with Crippen LogP contribution >= 0.6 is 11.6 Å². The molecular weight excluding hydrogens is 275 g/mol. The lowest BCUT2D eigenvalue weighted by molar-refractivity contribution is 0.00578. The van der Waals surface area contributed by atoms with Crippen LogP contribution in [-0.2, 0) is 9.31 Å². The lowest BCUT2D eigenvalue weighted by Crippen LogP contribution is -2.41. The van der Waals surface area contributed by atoms with Crippen LogP contribution in [0.3, 0.4) is 0 Å². The van der Waals surface area contributed by atoms with Crippen molar-refractivity contribution in [2.75, 3.05) is 5.88 Å². The third-order valence-corrected chi connectivity index (χ3v) is 6.26. The molecule has 1 saturated heterocycles. The molecule has 19 heavy (non-hydrogen) atoms. The molecule has 1 rings (SSSR count). The van der Waals surface area contributed by atoms with Gasteiger partial charge in [-0.3, -0.25) is 0 Å². The van der Waals surface area contributed by atoms with Gasteiger partial charge in [0.15, 0.2) is 0 Å². The average Bonchev–Trinajstić information content (AvgIpc) is 2.41. The first kappa shape index (κ1) is 17.5. The molecule has 1 atom stereocenters. The Morgan fingerprint density at radius 2 is 1.53 bits per heavy atom. The second-order valence-electron chi connectivity index (χ2n) is 7.98. The maximum absolute atomic E-state index is 6.23. The largest absolute Gasteiger partial charge is 0.460 e. The molecular formula is C14H30BClO2Si. The summed E-state index contributed by atoms with van der Waals surface area (Å²) in [5.41, 5.74) is -0.452. The molecule has 5 heteroatoms. The number of halogens is 1. The van der Waals surface area contributed by atoms with Crippen LogP contribution in [0.4, 0.5) is 0 Å². The highest BCUT2D eigenvalue weighted by molar-refractivity contribution is 6.77. The molecule has 0 unspecified atom stereocenters. The van der Waals surface area contributed by atoms with Crippen LogP contribution in [0.1, 0.15) is 40.5 Å². The van der Waals surface area contributed by atoms with Crippen LogP contribution in [0.15, 0.2) is 0 Å². The highest BCUT2D eigenvalue weighted by Gasteiger charge is 2.53. The van der Waals surface area contributed by atoms with Crippen LogP contribution in [0.25, 0.3) is 0 Å². The first-order chi connectivity index (χ1) is 8.48. The second kappa shape index (κ2) is 6.09. The summed E-state index contributed by atoms with van der Waals surface area (Å²) >= 11 is 5.87. The average molecular weight is 305 g/mol. The Kier molecular flexibility index (Phi) is 5.62. The molecule has 1 fully saturated rings. The molecule has 1 aliphatic heterocycles. The van der Waals surface area contributed by atoms with E-state index < -0.39 is 8.07 Å². The Morgan fingerprint density at radius 3 is 1.89 bits per heavy atom. The summed E-state index contributed by atoms with van der Waals surface area (Å²) < 4.78 is 12.5. The van der Waals surface area contributed by atoms with Gasteiger partial charge in [-0.05, 0) is 39.9 Å². The van der Waals surface area contributed by atoms with E-state index in [1.165, 1.54) is 6.04 Å². The zero-order valence-electron chi connectivity index (χ0n) is 13.7. The Balaban J connectivity index is 2.77. The number of hydrogen-bond donors (Lipinski definition) is 0. The van der Waals surface area contributed by atoms with E-state index in [1.807, 2.05) is 0 Å². The van der Waals surface area contributed by atoms with Gasteiger partial charge in [0.05, 0.1) is 11.2 Å². The fraction of sp³-hybridized carbons (Fsp3) is 1.00. The summed E-state index contributed by atoms with van der Waals surface area (Å²) in [6.45, 7) is 15.7. The van der Waals surface area contributed by atoms with E-state index in [1.54, 1.807) is 0 Å². The van der Waals surface area contributed by atoms with E-state index in [0.717, 1.165) is 18.7 Å². The Morgan fingerprint density at radius 1 is 1.05 bits per heavy atom. The van der Waals surface area contributed by atoms with Crippen molar-refractivity contribution in [3.63, 3.8) is 0 Å². The maximum Gasteiger partial charge on any atom is 0.460 e. The van der Waals surface area contributed by atoms with E-state index in [0.29, 0.717) is 5.82 Å². The number of rotatable bonds is 6. The van der Waals surface area contributed by atoms with Crippen molar-refractivity contribution >= 4 is 26.8 Å². The van der Waals surface area contributed by atoms with Crippen LogP contribution < -0.4 is 0 Å². The predicted octanol–water partition coefficient (Wildman–Crippen LogP) is 4.81. The molecule has 2 nitrogen and oxygen atoms in total. The van der Waals surface area contributed by atoms with E-state index in [9.17, 15) is 0 Å². The van der Waals surface area contributed by atoms with E-state index in [4.69, 9.17) is 20.9 Å². The smallest absolute Gasteiger partial charge is 0.403 e. The quantitative estimate of drug-likeness (QED) is 0.518. The Labute approximate surface area is 125 Å². The normalized spacial score (nSPS) is 23.7. The molecule has 1 heterocycles. The standard InChI is InChI=1S/C14H30BClO2Si/c1-13(2)14(3,4)18-15(17-13)12(9-8-10-16)11-19(5,6)7/h12H,8-11H2,1-7H3/t12-/m0/s1. The molecule has 0 N–H and O–H groups in total. The van der Waals surface area contributed by atoms with Crippen LogP contribution in [0, 0.1) is 0 Å².